The Bertz CT molecular complexity index is 343. The zero-order valence-corrected chi connectivity index (χ0v) is 9.76. The van der Waals surface area contributed by atoms with Gasteiger partial charge in [0.2, 0.25) is 0 Å². The van der Waals surface area contributed by atoms with Crippen LogP contribution in [0.4, 0.5) is 0 Å². The van der Waals surface area contributed by atoms with E-state index in [2.05, 4.69) is 12.0 Å². The first-order valence-corrected chi connectivity index (χ1v) is 6.08. The summed E-state index contributed by atoms with van der Waals surface area (Å²) in [5.41, 5.74) is -0.196. The van der Waals surface area contributed by atoms with E-state index < -0.39 is 11.7 Å². The molecule has 0 bridgehead atoms. The lowest BCUT2D eigenvalue weighted by molar-refractivity contribution is -0.0719. The van der Waals surface area contributed by atoms with Crippen molar-refractivity contribution in [2.24, 2.45) is 0 Å². The Morgan fingerprint density at radius 2 is 2.19 bits per heavy atom. The minimum absolute atomic E-state index is 0.688. The average Bonchev–Trinajstić information content (AvgIpc) is 2.88. The van der Waals surface area contributed by atoms with Crippen LogP contribution >= 0.6 is 0 Å². The Morgan fingerprint density at radius 1 is 1.50 bits per heavy atom. The van der Waals surface area contributed by atoms with Crippen molar-refractivity contribution in [2.45, 2.75) is 57.3 Å². The van der Waals surface area contributed by atoms with Gasteiger partial charge in [0.05, 0.1) is 11.8 Å². The monoisotopic (exact) mass is 224 g/mol. The molecule has 90 valence electrons. The summed E-state index contributed by atoms with van der Waals surface area (Å²) in [6.45, 7) is 2.94. The molecule has 16 heavy (non-hydrogen) atoms. The van der Waals surface area contributed by atoms with Crippen LogP contribution in [0.3, 0.4) is 0 Å². The van der Waals surface area contributed by atoms with Gasteiger partial charge >= 0.3 is 0 Å². The minimum atomic E-state index is -0.930. The molecule has 1 heterocycles. The molecule has 1 atom stereocenters. The molecule has 4 nitrogen and oxygen atoms in total. The summed E-state index contributed by atoms with van der Waals surface area (Å²) < 4.78 is 1.82. The number of hydrogen-bond acceptors (Lipinski definition) is 3. The van der Waals surface area contributed by atoms with E-state index in [1.54, 1.807) is 6.20 Å². The molecule has 0 radical (unpaired) electrons. The Kier molecular flexibility index (Phi) is 3.30. The van der Waals surface area contributed by atoms with Crippen LogP contribution < -0.4 is 0 Å². The molecule has 0 amide bonds. The maximum Gasteiger partial charge on any atom is 0.111 e. The fourth-order valence-electron chi connectivity index (χ4n) is 2.44. The fraction of sp³-hybridized carbons (Fsp3) is 0.750. The summed E-state index contributed by atoms with van der Waals surface area (Å²) in [7, 11) is 0. The van der Waals surface area contributed by atoms with Crippen LogP contribution in [0.25, 0.3) is 0 Å². The summed E-state index contributed by atoms with van der Waals surface area (Å²) in [5, 5.41) is 24.6. The van der Waals surface area contributed by atoms with Gasteiger partial charge < -0.3 is 10.2 Å². The van der Waals surface area contributed by atoms with E-state index in [0.717, 1.165) is 31.4 Å². The molecule has 1 aliphatic rings. The molecule has 1 unspecified atom stereocenters. The first kappa shape index (κ1) is 11.6. The van der Waals surface area contributed by atoms with E-state index in [1.165, 1.54) is 0 Å². The third-order valence-electron chi connectivity index (χ3n) is 3.40. The summed E-state index contributed by atoms with van der Waals surface area (Å²) in [5.74, 6) is 0. The predicted octanol–water partition coefficient (Wildman–Crippen LogP) is 1.63. The Balaban J connectivity index is 2.10. The van der Waals surface area contributed by atoms with Crippen molar-refractivity contribution in [1.82, 2.24) is 9.78 Å². The van der Waals surface area contributed by atoms with Gasteiger partial charge in [0, 0.05) is 18.3 Å². The lowest BCUT2D eigenvalue weighted by atomic mass is 9.91. The average molecular weight is 224 g/mol. The van der Waals surface area contributed by atoms with Gasteiger partial charge in [-0.3, -0.25) is 4.68 Å². The van der Waals surface area contributed by atoms with E-state index in [1.807, 2.05) is 10.9 Å². The highest BCUT2D eigenvalue weighted by Crippen LogP contribution is 2.39. The molecule has 0 aromatic carbocycles. The molecule has 0 aliphatic heterocycles. The number of aryl methyl sites for hydroxylation is 1. The lowest BCUT2D eigenvalue weighted by Gasteiger charge is -2.27. The molecule has 1 aromatic rings. The molecule has 1 fully saturated rings. The normalized spacial score (nSPS) is 21.2. The largest absolute Gasteiger partial charge is 0.387 e. The second-order valence-electron chi connectivity index (χ2n) is 4.75. The molecule has 2 rings (SSSR count). The summed E-state index contributed by atoms with van der Waals surface area (Å²) in [6.07, 6.45) is 7.09. The number of aliphatic hydroxyl groups is 2. The van der Waals surface area contributed by atoms with E-state index in [9.17, 15) is 10.2 Å². The van der Waals surface area contributed by atoms with Gasteiger partial charge in [-0.2, -0.15) is 5.10 Å². The van der Waals surface area contributed by atoms with Gasteiger partial charge in [-0.05, 0) is 19.3 Å². The van der Waals surface area contributed by atoms with Crippen molar-refractivity contribution < 1.29 is 10.2 Å². The Labute approximate surface area is 95.9 Å². The second kappa shape index (κ2) is 4.55. The highest BCUT2D eigenvalue weighted by atomic mass is 16.3. The van der Waals surface area contributed by atoms with Crippen molar-refractivity contribution in [3.8, 4) is 0 Å². The molecule has 1 aliphatic carbocycles. The van der Waals surface area contributed by atoms with Crippen LogP contribution in [0.1, 0.15) is 50.7 Å². The van der Waals surface area contributed by atoms with Crippen molar-refractivity contribution in [2.75, 3.05) is 0 Å². The number of hydrogen-bond donors (Lipinski definition) is 2. The second-order valence-corrected chi connectivity index (χ2v) is 4.75. The number of aliphatic hydroxyl groups excluding tert-OH is 1. The third kappa shape index (κ3) is 2.13. The quantitative estimate of drug-likeness (QED) is 0.817. The molecule has 1 saturated carbocycles. The van der Waals surface area contributed by atoms with Crippen molar-refractivity contribution in [1.29, 1.82) is 0 Å². The van der Waals surface area contributed by atoms with Crippen molar-refractivity contribution in [3.63, 3.8) is 0 Å². The molecule has 2 N–H and O–H groups in total. The van der Waals surface area contributed by atoms with Crippen LogP contribution in [0.5, 0.6) is 0 Å². The van der Waals surface area contributed by atoms with Gasteiger partial charge in [0.15, 0.2) is 0 Å². The molecule has 4 heteroatoms. The van der Waals surface area contributed by atoms with Crippen molar-refractivity contribution in [3.05, 3.63) is 18.0 Å². The smallest absolute Gasteiger partial charge is 0.111 e. The lowest BCUT2D eigenvalue weighted by Crippen LogP contribution is -2.32. The van der Waals surface area contributed by atoms with Crippen molar-refractivity contribution >= 4 is 0 Å². The standard InChI is InChI=1S/C12H20N2O2/c1-2-7-14-9-10(8-13-14)11(15)12(16)5-3-4-6-12/h8-9,11,15-16H,2-7H2,1H3. The summed E-state index contributed by atoms with van der Waals surface area (Å²) in [4.78, 5) is 0. The van der Waals surface area contributed by atoms with E-state index >= 15 is 0 Å². The molecule has 0 saturated heterocycles. The first-order valence-electron chi connectivity index (χ1n) is 6.08. The maximum atomic E-state index is 10.3. The van der Waals surface area contributed by atoms with Crippen LogP contribution in [0.15, 0.2) is 12.4 Å². The van der Waals surface area contributed by atoms with Gasteiger partial charge in [-0.25, -0.2) is 0 Å². The summed E-state index contributed by atoms with van der Waals surface area (Å²) in [6, 6.07) is 0. The van der Waals surface area contributed by atoms with Crippen LogP contribution in [-0.2, 0) is 6.54 Å². The summed E-state index contributed by atoms with van der Waals surface area (Å²) >= 11 is 0. The fourth-order valence-corrected chi connectivity index (χ4v) is 2.44. The van der Waals surface area contributed by atoms with E-state index in [0.29, 0.717) is 12.8 Å². The van der Waals surface area contributed by atoms with Crippen LogP contribution in [0.2, 0.25) is 0 Å². The maximum absolute atomic E-state index is 10.3. The predicted molar refractivity (Wildman–Crippen MR) is 60.9 cm³/mol. The molecule has 0 spiro atoms. The third-order valence-corrected chi connectivity index (χ3v) is 3.40. The number of nitrogens with zero attached hydrogens (tertiary/aromatic N) is 2. The Hall–Kier alpha value is -0.870. The SMILES string of the molecule is CCCn1cc(C(O)C2(O)CCCC2)cn1. The Morgan fingerprint density at radius 3 is 2.81 bits per heavy atom. The highest BCUT2D eigenvalue weighted by molar-refractivity contribution is 5.14. The zero-order valence-electron chi connectivity index (χ0n) is 9.76. The zero-order chi connectivity index (χ0) is 11.6. The molecular formula is C12H20N2O2. The minimum Gasteiger partial charge on any atom is -0.387 e. The number of aromatic nitrogens is 2. The van der Waals surface area contributed by atoms with Gasteiger partial charge in [0.25, 0.3) is 0 Å². The molecule has 1 aromatic heterocycles. The van der Waals surface area contributed by atoms with Gasteiger partial charge in [0.1, 0.15) is 6.10 Å². The van der Waals surface area contributed by atoms with Crippen LogP contribution in [0, 0.1) is 0 Å². The molecular weight excluding hydrogens is 204 g/mol. The van der Waals surface area contributed by atoms with Crippen LogP contribution in [-0.4, -0.2) is 25.6 Å². The number of rotatable bonds is 4. The van der Waals surface area contributed by atoms with E-state index in [4.69, 9.17) is 0 Å². The first-order chi connectivity index (χ1) is 7.65. The van der Waals surface area contributed by atoms with Gasteiger partial charge in [-0.1, -0.05) is 19.8 Å². The highest BCUT2D eigenvalue weighted by Gasteiger charge is 2.39. The van der Waals surface area contributed by atoms with E-state index in [-0.39, 0.29) is 0 Å². The van der Waals surface area contributed by atoms with Gasteiger partial charge in [-0.15, -0.1) is 0 Å². The topological polar surface area (TPSA) is 58.3 Å².